The fourth-order valence-corrected chi connectivity index (χ4v) is 14.4. The number of fused-ring (bicyclic) bond motifs is 2. The van der Waals surface area contributed by atoms with E-state index in [4.69, 9.17) is 18.9 Å². The van der Waals surface area contributed by atoms with Crippen molar-refractivity contribution in [3.8, 4) is 46.0 Å². The minimum atomic E-state index is -1.20. The SMILES string of the molecule is CCCN(C)C(=O)C(CC(C)C)N1C(=O)c2cc(Oc3ccc(C(C)C)cc3C)c3c4c(Oc5ccc(C(C)C)cc5C)cc5c6c(cc(Oc7ccc(C(C)C)cc7C)c(c7c(Oc8ccc(C(C)C)cc8C)cc(c2c37)C1=O)c64)C(=O)N(C(CC(C)C)C(=O)N(C)CCC)C5=O. The smallest absolute Gasteiger partial charge is 0.262 e. The molecule has 0 N–H and O–H groups in total. The van der Waals surface area contributed by atoms with Crippen LogP contribution in [0.4, 0.5) is 0 Å². The van der Waals surface area contributed by atoms with Crippen molar-refractivity contribution in [1.82, 2.24) is 19.6 Å². The van der Waals surface area contributed by atoms with Crippen LogP contribution in [-0.2, 0) is 9.59 Å². The number of hydrogen-bond acceptors (Lipinski definition) is 10. The van der Waals surface area contributed by atoms with E-state index in [-0.39, 0.29) is 116 Å². The van der Waals surface area contributed by atoms with Crippen LogP contribution >= 0.6 is 0 Å². The second-order valence-corrected chi connectivity index (χ2v) is 29.6. The summed E-state index contributed by atoms with van der Waals surface area (Å²) < 4.78 is 29.9. The van der Waals surface area contributed by atoms with Gasteiger partial charge in [-0.3, -0.25) is 38.6 Å². The predicted molar refractivity (Wildman–Crippen MR) is 392 cm³/mol. The van der Waals surface area contributed by atoms with Crippen molar-refractivity contribution in [1.29, 1.82) is 0 Å². The summed E-state index contributed by atoms with van der Waals surface area (Å²) in [5.74, 6) is -0.458. The fraction of sp³-hybridized carbons (Fsp3) is 0.405. The van der Waals surface area contributed by atoms with Crippen molar-refractivity contribution in [2.45, 2.75) is 186 Å². The van der Waals surface area contributed by atoms with E-state index in [2.05, 4.69) is 79.7 Å². The number of ether oxygens (including phenoxy) is 4. The first kappa shape index (κ1) is 70.0. The second-order valence-electron chi connectivity index (χ2n) is 29.6. The van der Waals surface area contributed by atoms with E-state index in [1.165, 1.54) is 0 Å². The summed E-state index contributed by atoms with van der Waals surface area (Å²) in [6.07, 6.45) is 1.67. The molecule has 9 aromatic carbocycles. The van der Waals surface area contributed by atoms with Gasteiger partial charge in [0.1, 0.15) is 58.1 Å². The number of likely N-dealkylation sites (N-methyl/N-ethyl adjacent to an activating group) is 2. The molecule has 2 unspecified atom stereocenters. The lowest BCUT2D eigenvalue weighted by Gasteiger charge is -2.37. The van der Waals surface area contributed by atoms with E-state index in [9.17, 15) is 0 Å². The average Bonchev–Trinajstić information content (AvgIpc) is 0.671. The Morgan fingerprint density at radius 2 is 0.582 bits per heavy atom. The molecule has 11 rings (SSSR count). The lowest BCUT2D eigenvalue weighted by Crippen LogP contribution is -2.54. The maximum absolute atomic E-state index is 16.4. The lowest BCUT2D eigenvalue weighted by molar-refractivity contribution is -0.135. The monoisotopic (exact) mass is 1320 g/mol. The molecule has 0 bridgehead atoms. The van der Waals surface area contributed by atoms with Crippen molar-refractivity contribution in [3.63, 3.8) is 0 Å². The highest BCUT2D eigenvalue weighted by Crippen LogP contribution is 2.59. The highest BCUT2D eigenvalue weighted by Gasteiger charge is 2.47. The molecule has 0 saturated carbocycles. The molecule has 98 heavy (non-hydrogen) atoms. The van der Waals surface area contributed by atoms with E-state index in [0.717, 1.165) is 54.3 Å². The van der Waals surface area contributed by atoms with Crippen molar-refractivity contribution in [3.05, 3.63) is 164 Å². The van der Waals surface area contributed by atoms with Gasteiger partial charge >= 0.3 is 0 Å². The summed E-state index contributed by atoms with van der Waals surface area (Å²) in [4.78, 5) is 101. The van der Waals surface area contributed by atoms with Crippen molar-refractivity contribution < 1.29 is 47.7 Å². The molecule has 0 fully saturated rings. The number of carbonyl (C=O) groups is 6. The molecule has 2 heterocycles. The van der Waals surface area contributed by atoms with Gasteiger partial charge in [0.25, 0.3) is 23.6 Å². The Kier molecular flexibility index (Phi) is 19.7. The largest absolute Gasteiger partial charge is 0.456 e. The molecule has 14 nitrogen and oxygen atoms in total. The van der Waals surface area contributed by atoms with Crippen LogP contribution in [0, 0.1) is 39.5 Å². The third-order valence-corrected chi connectivity index (χ3v) is 19.8. The Hall–Kier alpha value is -9.30. The predicted octanol–water partition coefficient (Wildman–Crippen LogP) is 20.4. The quantitative estimate of drug-likeness (QED) is 0.0325. The van der Waals surface area contributed by atoms with Crippen LogP contribution in [-0.4, -0.2) is 94.3 Å². The third kappa shape index (κ3) is 12.6. The molecule has 2 atom stereocenters. The van der Waals surface area contributed by atoms with Crippen LogP contribution in [0.2, 0.25) is 0 Å². The van der Waals surface area contributed by atoms with E-state index in [1.807, 2.05) is 118 Å². The summed E-state index contributed by atoms with van der Waals surface area (Å²) in [5.41, 5.74) is 7.91. The molecule has 0 radical (unpaired) electrons. The number of imide groups is 2. The molecule has 0 spiro atoms. The van der Waals surface area contributed by atoms with E-state index in [1.54, 1.807) is 48.2 Å². The summed E-state index contributed by atoms with van der Waals surface area (Å²) in [6.45, 7) is 37.5. The van der Waals surface area contributed by atoms with Crippen LogP contribution in [0.3, 0.4) is 0 Å². The Bertz CT molecular complexity index is 4170. The topological polar surface area (TPSA) is 152 Å². The van der Waals surface area contributed by atoms with Crippen LogP contribution in [0.5, 0.6) is 46.0 Å². The lowest BCUT2D eigenvalue weighted by atomic mass is 9.80. The second kappa shape index (κ2) is 27.5. The van der Waals surface area contributed by atoms with Gasteiger partial charge in [0.15, 0.2) is 0 Å². The van der Waals surface area contributed by atoms with Crippen LogP contribution in [0.1, 0.15) is 232 Å². The van der Waals surface area contributed by atoms with Crippen molar-refractivity contribution in [2.24, 2.45) is 11.8 Å². The Morgan fingerprint density at radius 1 is 0.347 bits per heavy atom. The molecule has 0 saturated heterocycles. The first-order chi connectivity index (χ1) is 46.5. The molecular formula is C84H96N4O10. The van der Waals surface area contributed by atoms with Gasteiger partial charge < -0.3 is 28.7 Å². The number of benzene rings is 9. The van der Waals surface area contributed by atoms with E-state index in [0.29, 0.717) is 81.2 Å². The molecule has 14 heteroatoms. The third-order valence-electron chi connectivity index (χ3n) is 19.8. The van der Waals surface area contributed by atoms with Crippen LogP contribution in [0.25, 0.3) is 43.1 Å². The van der Waals surface area contributed by atoms with Gasteiger partial charge in [-0.25, -0.2) is 0 Å². The number of nitrogens with zero attached hydrogens (tertiary/aromatic N) is 4. The van der Waals surface area contributed by atoms with Gasteiger partial charge in [-0.2, -0.15) is 0 Å². The molecule has 9 aromatic rings. The van der Waals surface area contributed by atoms with E-state index < -0.39 is 35.7 Å². The standard InChI is InChI=1S/C84H96N4O10/c1-21-31-85(19)83(93)61(33-43(3)4)87-79(89)57-39-67(95-63-27-23-53(45(7)8)35-49(63)15)73-75-69(97-65-29-25-55(47(11)12)37-51(65)17)41-59-72-60(82(92)88(81(59)91)62(34-44(5)6)84(94)86(20)32-22-2)42-70(98-66-30-26-56(48(13)14)38-52(66)18)76(78(72)75)74-68(40-58(80(87)90)71(57)77(73)74)96-64-28-24-54(46(9)10)36-50(64)16/h23-30,35-48,61-62H,21-22,31-34H2,1-20H3. The number of amides is 6. The maximum atomic E-state index is 16.4. The van der Waals surface area contributed by atoms with Crippen LogP contribution < -0.4 is 18.9 Å². The average molecular weight is 1320 g/mol. The van der Waals surface area contributed by atoms with Gasteiger partial charge in [-0.15, -0.1) is 0 Å². The van der Waals surface area contributed by atoms with Gasteiger partial charge in [0, 0.05) is 70.3 Å². The number of hydrogen-bond donors (Lipinski definition) is 0. The van der Waals surface area contributed by atoms with Crippen LogP contribution in [0.15, 0.2) is 97.1 Å². The Labute approximate surface area is 577 Å². The minimum Gasteiger partial charge on any atom is -0.456 e. The summed E-state index contributed by atoms with van der Waals surface area (Å²) in [5, 5.41) is 2.78. The fourth-order valence-electron chi connectivity index (χ4n) is 14.4. The normalized spacial score (nSPS) is 13.9. The number of aryl methyl sites for hydroxylation is 4. The number of rotatable bonds is 24. The zero-order chi connectivity index (χ0) is 70.9. The first-order valence-corrected chi connectivity index (χ1v) is 35.2. The minimum absolute atomic E-state index is 0.101. The van der Waals surface area contributed by atoms with Gasteiger partial charge in [-0.05, 0) is 182 Å². The van der Waals surface area contributed by atoms with Gasteiger partial charge in [-0.1, -0.05) is 145 Å². The number of carbonyl (C=O) groups excluding carboxylic acids is 6. The molecule has 512 valence electrons. The molecular weight excluding hydrogens is 1220 g/mol. The first-order valence-electron chi connectivity index (χ1n) is 35.2. The summed E-state index contributed by atoms with van der Waals surface area (Å²) in [7, 11) is 3.41. The highest BCUT2D eigenvalue weighted by atomic mass is 16.5. The molecule has 0 aliphatic carbocycles. The molecule has 6 amide bonds. The summed E-state index contributed by atoms with van der Waals surface area (Å²) in [6, 6.07) is 28.4. The van der Waals surface area contributed by atoms with Crippen molar-refractivity contribution in [2.75, 3.05) is 27.2 Å². The van der Waals surface area contributed by atoms with Gasteiger partial charge in [0.05, 0.1) is 22.3 Å². The molecule has 2 aliphatic rings. The van der Waals surface area contributed by atoms with E-state index >= 15 is 28.8 Å². The van der Waals surface area contributed by atoms with Gasteiger partial charge in [0.2, 0.25) is 11.8 Å². The highest BCUT2D eigenvalue weighted by molar-refractivity contribution is 6.45. The molecule has 0 aromatic heterocycles. The zero-order valence-electron chi connectivity index (χ0n) is 61.0. The Balaban J connectivity index is 1.40. The Morgan fingerprint density at radius 3 is 0.776 bits per heavy atom. The zero-order valence-corrected chi connectivity index (χ0v) is 61.0. The molecule has 2 aliphatic heterocycles. The van der Waals surface area contributed by atoms with Crippen molar-refractivity contribution >= 4 is 78.5 Å². The maximum Gasteiger partial charge on any atom is 0.262 e. The summed E-state index contributed by atoms with van der Waals surface area (Å²) >= 11 is 0.